The van der Waals surface area contributed by atoms with Gasteiger partial charge in [-0.05, 0) is 29.8 Å². The number of hydrogen-bond acceptors (Lipinski definition) is 4. The molecule has 0 spiro atoms. The number of hydrogen-bond donors (Lipinski definition) is 1. The minimum absolute atomic E-state index is 0.0804. The molecule has 2 aromatic carbocycles. The lowest BCUT2D eigenvalue weighted by molar-refractivity contribution is 0.0469. The number of carbonyl (C=O) groups is 1. The van der Waals surface area contributed by atoms with Gasteiger partial charge >= 0.3 is 5.97 Å². The normalized spacial score (nSPS) is 10.2. The molecule has 0 saturated heterocycles. The molecule has 0 aromatic heterocycles. The van der Waals surface area contributed by atoms with E-state index in [2.05, 4.69) is 0 Å². The Balaban J connectivity index is 2.15. The minimum atomic E-state index is -0.738. The van der Waals surface area contributed by atoms with Crippen LogP contribution < -0.4 is 10.5 Å². The smallest absolute Gasteiger partial charge is 0.344 e. The van der Waals surface area contributed by atoms with Gasteiger partial charge in [-0.2, -0.15) is 0 Å². The number of benzene rings is 2. The summed E-state index contributed by atoms with van der Waals surface area (Å²) in [6.07, 6.45) is 0. The molecule has 2 N–H and O–H groups in total. The van der Waals surface area contributed by atoms with Crippen molar-refractivity contribution in [3.8, 4) is 5.75 Å². The summed E-state index contributed by atoms with van der Waals surface area (Å²) in [6, 6.07) is 7.64. The van der Waals surface area contributed by atoms with Crippen molar-refractivity contribution in [1.82, 2.24) is 0 Å². The Morgan fingerprint density at radius 2 is 1.86 bits per heavy atom. The topological polar surface area (TPSA) is 61.5 Å². The molecule has 2 aromatic rings. The Morgan fingerprint density at radius 3 is 2.48 bits per heavy atom. The van der Waals surface area contributed by atoms with Gasteiger partial charge in [-0.3, -0.25) is 0 Å². The zero-order chi connectivity index (χ0) is 15.4. The first kappa shape index (κ1) is 14.8. The summed E-state index contributed by atoms with van der Waals surface area (Å²) in [5.41, 5.74) is 6.20. The van der Waals surface area contributed by atoms with Gasteiger partial charge in [-0.25, -0.2) is 13.6 Å². The van der Waals surface area contributed by atoms with E-state index in [9.17, 15) is 13.6 Å². The van der Waals surface area contributed by atoms with Crippen molar-refractivity contribution in [2.75, 3.05) is 12.8 Å². The maximum absolute atomic E-state index is 13.0. The van der Waals surface area contributed by atoms with Gasteiger partial charge in [0.2, 0.25) is 0 Å². The zero-order valence-corrected chi connectivity index (χ0v) is 11.2. The number of nitrogen functional groups attached to an aromatic ring is 1. The molecular weight excluding hydrogens is 280 g/mol. The molecule has 0 atom stereocenters. The first-order chi connectivity index (χ1) is 10.0. The van der Waals surface area contributed by atoms with E-state index in [-0.39, 0.29) is 29.2 Å². The molecule has 4 nitrogen and oxygen atoms in total. The number of carbonyl (C=O) groups excluding carboxylic acids is 1. The Kier molecular flexibility index (Phi) is 4.37. The van der Waals surface area contributed by atoms with E-state index >= 15 is 0 Å². The predicted octanol–water partition coefficient (Wildman–Crippen LogP) is 2.91. The standard InChI is InChI=1S/C15H13F2NO3/c1-20-13-4-2-3-12(18)14(13)15(19)21-8-9-5-10(16)7-11(17)6-9/h2-7H,8,18H2,1H3. The Hall–Kier alpha value is -2.63. The van der Waals surface area contributed by atoms with Crippen LogP contribution >= 0.6 is 0 Å². The SMILES string of the molecule is COc1cccc(N)c1C(=O)OCc1cc(F)cc(F)c1. The summed E-state index contributed by atoms with van der Waals surface area (Å²) in [5, 5.41) is 0. The molecule has 0 aliphatic carbocycles. The van der Waals surface area contributed by atoms with E-state index in [1.54, 1.807) is 12.1 Å². The highest BCUT2D eigenvalue weighted by atomic mass is 19.1. The van der Waals surface area contributed by atoms with Crippen LogP contribution in [0.5, 0.6) is 5.75 Å². The second kappa shape index (κ2) is 6.21. The summed E-state index contributed by atoms with van der Waals surface area (Å²) in [5.74, 6) is -1.93. The summed E-state index contributed by atoms with van der Waals surface area (Å²) < 4.78 is 36.1. The molecule has 0 amide bonds. The third-order valence-electron chi connectivity index (χ3n) is 2.77. The Morgan fingerprint density at radius 1 is 1.19 bits per heavy atom. The molecule has 0 aliphatic heterocycles. The van der Waals surface area contributed by atoms with Crippen LogP contribution in [0.4, 0.5) is 14.5 Å². The Labute approximate surface area is 120 Å². The molecule has 21 heavy (non-hydrogen) atoms. The third-order valence-corrected chi connectivity index (χ3v) is 2.77. The number of methoxy groups -OCH3 is 1. The molecule has 0 unspecified atom stereocenters. The zero-order valence-electron chi connectivity index (χ0n) is 11.2. The van der Waals surface area contributed by atoms with E-state index < -0.39 is 17.6 Å². The van der Waals surface area contributed by atoms with Crippen LogP contribution in [-0.4, -0.2) is 13.1 Å². The maximum Gasteiger partial charge on any atom is 0.344 e. The highest BCUT2D eigenvalue weighted by Gasteiger charge is 2.17. The van der Waals surface area contributed by atoms with E-state index in [1.807, 2.05) is 0 Å². The van der Waals surface area contributed by atoms with Gasteiger partial charge in [0.05, 0.1) is 7.11 Å². The monoisotopic (exact) mass is 293 g/mol. The fourth-order valence-corrected chi connectivity index (χ4v) is 1.85. The van der Waals surface area contributed by atoms with Crippen molar-refractivity contribution < 1.29 is 23.0 Å². The van der Waals surface area contributed by atoms with Crippen molar-refractivity contribution in [2.24, 2.45) is 0 Å². The van der Waals surface area contributed by atoms with Crippen molar-refractivity contribution in [1.29, 1.82) is 0 Å². The molecular formula is C15H13F2NO3. The number of nitrogens with two attached hydrogens (primary N) is 1. The van der Waals surface area contributed by atoms with Gasteiger partial charge in [0.1, 0.15) is 29.6 Å². The Bertz CT molecular complexity index is 654. The van der Waals surface area contributed by atoms with Crippen LogP contribution in [0, 0.1) is 11.6 Å². The van der Waals surface area contributed by atoms with Crippen LogP contribution in [0.15, 0.2) is 36.4 Å². The van der Waals surface area contributed by atoms with Gasteiger partial charge in [0, 0.05) is 11.8 Å². The van der Waals surface area contributed by atoms with Gasteiger partial charge in [-0.15, -0.1) is 0 Å². The van der Waals surface area contributed by atoms with Gasteiger partial charge in [0.25, 0.3) is 0 Å². The van der Waals surface area contributed by atoms with E-state index in [0.717, 1.165) is 18.2 Å². The van der Waals surface area contributed by atoms with Gasteiger partial charge in [-0.1, -0.05) is 6.07 Å². The van der Waals surface area contributed by atoms with Crippen molar-refractivity contribution in [2.45, 2.75) is 6.61 Å². The number of esters is 1. The van der Waals surface area contributed by atoms with Crippen molar-refractivity contribution >= 4 is 11.7 Å². The quantitative estimate of drug-likeness (QED) is 0.695. The molecule has 0 bridgehead atoms. The molecule has 0 heterocycles. The number of halogens is 2. The van der Waals surface area contributed by atoms with Crippen molar-refractivity contribution in [3.05, 3.63) is 59.2 Å². The summed E-state index contributed by atoms with van der Waals surface area (Å²) in [7, 11) is 1.40. The minimum Gasteiger partial charge on any atom is -0.496 e. The van der Waals surface area contributed by atoms with Crippen LogP contribution in [0.3, 0.4) is 0 Å². The summed E-state index contributed by atoms with van der Waals surface area (Å²) in [6.45, 7) is -0.273. The largest absolute Gasteiger partial charge is 0.496 e. The molecule has 0 saturated carbocycles. The lowest BCUT2D eigenvalue weighted by Crippen LogP contribution is -2.10. The average Bonchev–Trinajstić information content (AvgIpc) is 2.43. The average molecular weight is 293 g/mol. The highest BCUT2D eigenvalue weighted by Crippen LogP contribution is 2.25. The van der Waals surface area contributed by atoms with Crippen molar-refractivity contribution in [3.63, 3.8) is 0 Å². The second-order valence-electron chi connectivity index (χ2n) is 4.28. The molecule has 6 heteroatoms. The number of rotatable bonds is 4. The lowest BCUT2D eigenvalue weighted by Gasteiger charge is -2.11. The molecule has 0 aliphatic rings. The molecule has 0 radical (unpaired) electrons. The van der Waals surface area contributed by atoms with E-state index in [1.165, 1.54) is 13.2 Å². The number of anilines is 1. The molecule has 0 fully saturated rings. The van der Waals surface area contributed by atoms with E-state index in [0.29, 0.717) is 0 Å². The van der Waals surface area contributed by atoms with Gasteiger partial charge in [0.15, 0.2) is 0 Å². The molecule has 110 valence electrons. The van der Waals surface area contributed by atoms with Crippen LogP contribution in [0.2, 0.25) is 0 Å². The summed E-state index contributed by atoms with van der Waals surface area (Å²) in [4.78, 5) is 12.0. The maximum atomic E-state index is 13.0. The van der Waals surface area contributed by atoms with Crippen LogP contribution in [0.25, 0.3) is 0 Å². The fraction of sp³-hybridized carbons (Fsp3) is 0.133. The van der Waals surface area contributed by atoms with Gasteiger partial charge < -0.3 is 15.2 Å². The summed E-state index contributed by atoms with van der Waals surface area (Å²) >= 11 is 0. The predicted molar refractivity (Wildman–Crippen MR) is 72.9 cm³/mol. The first-order valence-electron chi connectivity index (χ1n) is 6.06. The van der Waals surface area contributed by atoms with E-state index in [4.69, 9.17) is 15.2 Å². The second-order valence-corrected chi connectivity index (χ2v) is 4.28. The molecule has 2 rings (SSSR count). The number of ether oxygens (including phenoxy) is 2. The lowest BCUT2D eigenvalue weighted by atomic mass is 10.1. The first-order valence-corrected chi connectivity index (χ1v) is 6.06. The fourth-order valence-electron chi connectivity index (χ4n) is 1.85. The van der Waals surface area contributed by atoms with Crippen LogP contribution in [-0.2, 0) is 11.3 Å². The highest BCUT2D eigenvalue weighted by molar-refractivity contribution is 5.98. The third kappa shape index (κ3) is 3.47. The van der Waals surface area contributed by atoms with Crippen LogP contribution in [0.1, 0.15) is 15.9 Å².